The molecule has 6 heteroatoms. The standard InChI is InChI=1S/C22H22N4OS/c1-15(2)17-7-9-19(10-8-17)28(27)25-22-13-16(3)24-26(22)21-6-4-5-18-14-23-12-11-20(18)21/h4-15,25H,1-3H3. The second kappa shape index (κ2) is 7.56. The number of hydrogen-bond donors (Lipinski definition) is 1. The van der Waals surface area contributed by atoms with Crippen LogP contribution in [-0.2, 0) is 11.0 Å². The summed E-state index contributed by atoms with van der Waals surface area (Å²) in [5.41, 5.74) is 2.99. The van der Waals surface area contributed by atoms with E-state index in [9.17, 15) is 4.21 Å². The van der Waals surface area contributed by atoms with Gasteiger partial charge in [-0.25, -0.2) is 8.89 Å². The van der Waals surface area contributed by atoms with Gasteiger partial charge >= 0.3 is 0 Å². The number of rotatable bonds is 5. The lowest BCUT2D eigenvalue weighted by atomic mass is 10.0. The lowest BCUT2D eigenvalue weighted by molar-refractivity contribution is 0.685. The number of nitrogens with zero attached hydrogens (tertiary/aromatic N) is 3. The quantitative estimate of drug-likeness (QED) is 0.522. The molecule has 2 aromatic carbocycles. The van der Waals surface area contributed by atoms with E-state index in [0.29, 0.717) is 11.7 Å². The topological polar surface area (TPSA) is 59.8 Å². The van der Waals surface area contributed by atoms with Crippen molar-refractivity contribution in [3.05, 3.63) is 78.2 Å². The largest absolute Gasteiger partial charge is 0.285 e. The van der Waals surface area contributed by atoms with Crippen LogP contribution in [0.3, 0.4) is 0 Å². The first-order valence-corrected chi connectivity index (χ1v) is 10.4. The maximum atomic E-state index is 12.9. The zero-order valence-electron chi connectivity index (χ0n) is 16.1. The summed E-state index contributed by atoms with van der Waals surface area (Å²) in [7, 11) is -1.38. The molecular weight excluding hydrogens is 368 g/mol. The van der Waals surface area contributed by atoms with Crippen LogP contribution in [0.5, 0.6) is 0 Å². The van der Waals surface area contributed by atoms with Gasteiger partial charge in [0, 0.05) is 29.2 Å². The summed E-state index contributed by atoms with van der Waals surface area (Å²) >= 11 is 0. The third kappa shape index (κ3) is 3.55. The van der Waals surface area contributed by atoms with E-state index in [0.717, 1.165) is 27.0 Å². The molecular formula is C22H22N4OS. The van der Waals surface area contributed by atoms with Crippen LogP contribution >= 0.6 is 0 Å². The summed E-state index contributed by atoms with van der Waals surface area (Å²) in [6.45, 7) is 6.21. The molecule has 0 fully saturated rings. The number of nitrogens with one attached hydrogen (secondary N) is 1. The lowest BCUT2D eigenvalue weighted by Crippen LogP contribution is -2.10. The van der Waals surface area contributed by atoms with Gasteiger partial charge in [0.1, 0.15) is 5.82 Å². The molecule has 0 saturated carbocycles. The molecule has 5 nitrogen and oxygen atoms in total. The van der Waals surface area contributed by atoms with E-state index < -0.39 is 11.0 Å². The normalized spacial score (nSPS) is 12.4. The lowest BCUT2D eigenvalue weighted by Gasteiger charge is -2.12. The maximum Gasteiger partial charge on any atom is 0.151 e. The van der Waals surface area contributed by atoms with E-state index in [1.165, 1.54) is 5.56 Å². The van der Waals surface area contributed by atoms with Crippen LogP contribution in [0.15, 0.2) is 71.9 Å². The summed E-state index contributed by atoms with van der Waals surface area (Å²) in [5.74, 6) is 1.13. The summed E-state index contributed by atoms with van der Waals surface area (Å²) in [4.78, 5) is 4.92. The Hall–Kier alpha value is -2.99. The fraction of sp³-hybridized carbons (Fsp3) is 0.182. The SMILES string of the molecule is Cc1cc(NS(=O)c2ccc(C(C)C)cc2)n(-c2cccc3cnccc23)n1. The van der Waals surface area contributed by atoms with Gasteiger partial charge in [0.15, 0.2) is 11.0 Å². The van der Waals surface area contributed by atoms with E-state index >= 15 is 0 Å². The smallest absolute Gasteiger partial charge is 0.151 e. The Bertz CT molecular complexity index is 1140. The second-order valence-electron chi connectivity index (χ2n) is 7.05. The summed E-state index contributed by atoms with van der Waals surface area (Å²) < 4.78 is 17.8. The Morgan fingerprint density at radius 2 is 1.86 bits per heavy atom. The molecule has 1 N–H and O–H groups in total. The Morgan fingerprint density at radius 1 is 1.07 bits per heavy atom. The Labute approximate surface area is 167 Å². The van der Waals surface area contributed by atoms with Gasteiger partial charge in [0.2, 0.25) is 0 Å². The molecule has 2 aromatic heterocycles. The average molecular weight is 391 g/mol. The molecule has 2 heterocycles. The third-order valence-electron chi connectivity index (χ3n) is 4.68. The Morgan fingerprint density at radius 3 is 2.61 bits per heavy atom. The van der Waals surface area contributed by atoms with Crippen LogP contribution in [0.2, 0.25) is 0 Å². The molecule has 4 aromatic rings. The van der Waals surface area contributed by atoms with E-state index in [1.54, 1.807) is 10.9 Å². The Kier molecular flexibility index (Phi) is 4.96. The number of anilines is 1. The molecule has 0 spiro atoms. The number of benzene rings is 2. The molecule has 0 aliphatic carbocycles. The highest BCUT2D eigenvalue weighted by atomic mass is 32.2. The third-order valence-corrected chi connectivity index (χ3v) is 5.77. The fourth-order valence-electron chi connectivity index (χ4n) is 3.18. The maximum absolute atomic E-state index is 12.9. The number of aromatic nitrogens is 3. The molecule has 0 bridgehead atoms. The highest BCUT2D eigenvalue weighted by molar-refractivity contribution is 7.86. The van der Waals surface area contributed by atoms with Crippen molar-refractivity contribution in [3.8, 4) is 5.69 Å². The van der Waals surface area contributed by atoms with Gasteiger partial charge in [-0.2, -0.15) is 5.10 Å². The van der Waals surface area contributed by atoms with E-state index in [-0.39, 0.29) is 0 Å². The van der Waals surface area contributed by atoms with Crippen LogP contribution in [0.1, 0.15) is 31.0 Å². The van der Waals surface area contributed by atoms with Gasteiger partial charge in [0.05, 0.1) is 16.3 Å². The molecule has 0 aliphatic rings. The van der Waals surface area contributed by atoms with Crippen LogP contribution in [0.4, 0.5) is 5.82 Å². The Balaban J connectivity index is 1.69. The summed E-state index contributed by atoms with van der Waals surface area (Å²) in [5, 5.41) is 6.68. The van der Waals surface area contributed by atoms with Crippen molar-refractivity contribution < 1.29 is 4.21 Å². The minimum atomic E-state index is -1.38. The first kappa shape index (κ1) is 18.4. The van der Waals surface area contributed by atoms with Crippen molar-refractivity contribution in [2.24, 2.45) is 0 Å². The van der Waals surface area contributed by atoms with Crippen molar-refractivity contribution >= 4 is 27.6 Å². The van der Waals surface area contributed by atoms with E-state index in [1.807, 2.05) is 67.7 Å². The molecule has 0 saturated heterocycles. The van der Waals surface area contributed by atoms with E-state index in [4.69, 9.17) is 0 Å². The predicted octanol–water partition coefficient (Wildman–Crippen LogP) is 4.99. The van der Waals surface area contributed by atoms with Crippen molar-refractivity contribution in [2.45, 2.75) is 31.6 Å². The first-order valence-electron chi connectivity index (χ1n) is 9.21. The number of pyridine rings is 1. The first-order chi connectivity index (χ1) is 13.5. The molecule has 4 rings (SSSR count). The van der Waals surface area contributed by atoms with Gasteiger partial charge in [-0.05, 0) is 42.7 Å². The van der Waals surface area contributed by atoms with Gasteiger partial charge in [-0.15, -0.1) is 0 Å². The van der Waals surface area contributed by atoms with Crippen molar-refractivity contribution in [1.29, 1.82) is 0 Å². The fourth-order valence-corrected chi connectivity index (χ4v) is 4.01. The molecule has 0 amide bonds. The number of fused-ring (bicyclic) bond motifs is 1. The monoisotopic (exact) mass is 390 g/mol. The minimum Gasteiger partial charge on any atom is -0.285 e. The second-order valence-corrected chi connectivity index (χ2v) is 8.26. The zero-order valence-corrected chi connectivity index (χ0v) is 16.9. The number of hydrogen-bond acceptors (Lipinski definition) is 3. The van der Waals surface area contributed by atoms with E-state index in [2.05, 4.69) is 28.7 Å². The summed E-state index contributed by atoms with van der Waals surface area (Å²) in [6.07, 6.45) is 3.60. The van der Waals surface area contributed by atoms with Gasteiger partial charge in [-0.3, -0.25) is 9.71 Å². The molecule has 1 atom stereocenters. The van der Waals surface area contributed by atoms with Gasteiger partial charge < -0.3 is 0 Å². The zero-order chi connectivity index (χ0) is 19.7. The predicted molar refractivity (Wildman–Crippen MR) is 114 cm³/mol. The minimum absolute atomic E-state index is 0.445. The van der Waals surface area contributed by atoms with Crippen LogP contribution in [-0.4, -0.2) is 19.0 Å². The van der Waals surface area contributed by atoms with Crippen molar-refractivity contribution in [2.75, 3.05) is 4.72 Å². The molecule has 0 radical (unpaired) electrons. The van der Waals surface area contributed by atoms with Crippen LogP contribution in [0.25, 0.3) is 16.5 Å². The van der Waals surface area contributed by atoms with Crippen LogP contribution < -0.4 is 4.72 Å². The highest BCUT2D eigenvalue weighted by Crippen LogP contribution is 2.26. The van der Waals surface area contributed by atoms with Crippen LogP contribution in [0, 0.1) is 6.92 Å². The molecule has 0 aliphatic heterocycles. The van der Waals surface area contributed by atoms with Gasteiger partial charge in [0.25, 0.3) is 0 Å². The highest BCUT2D eigenvalue weighted by Gasteiger charge is 2.14. The average Bonchev–Trinajstić information content (AvgIpc) is 3.07. The molecule has 28 heavy (non-hydrogen) atoms. The number of aryl methyl sites for hydroxylation is 1. The summed E-state index contributed by atoms with van der Waals surface area (Å²) in [6, 6.07) is 17.7. The van der Waals surface area contributed by atoms with Crippen molar-refractivity contribution in [1.82, 2.24) is 14.8 Å². The van der Waals surface area contributed by atoms with Crippen molar-refractivity contribution in [3.63, 3.8) is 0 Å². The molecule has 142 valence electrons. The molecule has 1 unspecified atom stereocenters. The van der Waals surface area contributed by atoms with Gasteiger partial charge in [-0.1, -0.05) is 38.1 Å².